The third kappa shape index (κ3) is 5.85. The maximum atomic E-state index is 11.5. The number of nitrogens with zero attached hydrogens (tertiary/aromatic N) is 2. The quantitative estimate of drug-likeness (QED) is 0.615. The number of hydrogen-bond donors (Lipinski definition) is 2. The van der Waals surface area contributed by atoms with E-state index in [1.165, 1.54) is 11.1 Å². The summed E-state index contributed by atoms with van der Waals surface area (Å²) in [4.78, 5) is 17.3. The Hall–Kier alpha value is -2.04. The van der Waals surface area contributed by atoms with Gasteiger partial charge in [0.25, 0.3) is 0 Å². The van der Waals surface area contributed by atoms with E-state index in [4.69, 9.17) is 0 Å². The number of benzene rings is 1. The van der Waals surface area contributed by atoms with Crippen molar-refractivity contribution in [2.24, 2.45) is 4.99 Å². The van der Waals surface area contributed by atoms with Crippen molar-refractivity contribution in [2.75, 3.05) is 27.7 Å². The summed E-state index contributed by atoms with van der Waals surface area (Å²) in [6.45, 7) is 3.45. The van der Waals surface area contributed by atoms with Crippen LogP contribution in [-0.4, -0.2) is 44.5 Å². The van der Waals surface area contributed by atoms with Crippen LogP contribution in [0.15, 0.2) is 29.3 Å². The van der Waals surface area contributed by atoms with E-state index in [1.54, 1.807) is 26.0 Å². The molecule has 1 aromatic carbocycles. The molecule has 0 aliphatic carbocycles. The van der Waals surface area contributed by atoms with Crippen LogP contribution in [0.4, 0.5) is 0 Å². The summed E-state index contributed by atoms with van der Waals surface area (Å²) in [5, 5.41) is 6.43. The van der Waals surface area contributed by atoms with E-state index in [0.29, 0.717) is 18.9 Å². The Morgan fingerprint density at radius 2 is 1.86 bits per heavy atom. The van der Waals surface area contributed by atoms with Gasteiger partial charge in [0, 0.05) is 40.7 Å². The number of carbonyl (C=O) groups is 1. The molecule has 1 rings (SSSR count). The van der Waals surface area contributed by atoms with Gasteiger partial charge in [-0.3, -0.25) is 9.79 Å². The smallest absolute Gasteiger partial charge is 0.223 e. The van der Waals surface area contributed by atoms with Crippen molar-refractivity contribution >= 4 is 11.9 Å². The molecular formula is C16H26N4O. The molecule has 0 heterocycles. The Balaban J connectivity index is 2.43. The van der Waals surface area contributed by atoms with Crippen molar-refractivity contribution in [1.29, 1.82) is 0 Å². The van der Waals surface area contributed by atoms with Crippen LogP contribution in [0.25, 0.3) is 0 Å². The van der Waals surface area contributed by atoms with E-state index in [1.807, 2.05) is 6.07 Å². The second-order valence-electron chi connectivity index (χ2n) is 5.01. The fourth-order valence-corrected chi connectivity index (χ4v) is 1.99. The van der Waals surface area contributed by atoms with Crippen molar-refractivity contribution in [3.05, 3.63) is 35.4 Å². The molecule has 1 aromatic rings. The molecule has 116 valence electrons. The fourth-order valence-electron chi connectivity index (χ4n) is 1.99. The van der Waals surface area contributed by atoms with Crippen LogP contribution in [-0.2, 0) is 17.8 Å². The number of carbonyl (C=O) groups excluding carboxylic acids is 1. The van der Waals surface area contributed by atoms with Crippen molar-refractivity contribution in [2.45, 2.75) is 26.3 Å². The number of aryl methyl sites for hydroxylation is 1. The molecule has 21 heavy (non-hydrogen) atoms. The highest BCUT2D eigenvalue weighted by atomic mass is 16.2. The molecule has 0 fully saturated rings. The highest BCUT2D eigenvalue weighted by Gasteiger charge is 2.05. The maximum absolute atomic E-state index is 11.5. The van der Waals surface area contributed by atoms with E-state index in [0.717, 1.165) is 13.0 Å². The van der Waals surface area contributed by atoms with Gasteiger partial charge in [0.05, 0.1) is 0 Å². The first kappa shape index (κ1) is 17.0. The average molecular weight is 290 g/mol. The molecular weight excluding hydrogens is 264 g/mol. The van der Waals surface area contributed by atoms with E-state index in [9.17, 15) is 4.79 Å². The van der Waals surface area contributed by atoms with Crippen LogP contribution in [0.3, 0.4) is 0 Å². The first-order valence-corrected chi connectivity index (χ1v) is 7.30. The van der Waals surface area contributed by atoms with E-state index in [2.05, 4.69) is 40.7 Å². The standard InChI is InChI=1S/C16H26N4O/c1-5-13-8-6-7-9-14(13)12-19-16(17-2)18-11-10-15(21)20(3)4/h6-9H,5,10-12H2,1-4H3,(H2,17,18,19). The molecule has 0 atom stereocenters. The number of nitrogens with one attached hydrogen (secondary N) is 2. The van der Waals surface area contributed by atoms with Gasteiger partial charge in [-0.25, -0.2) is 0 Å². The summed E-state index contributed by atoms with van der Waals surface area (Å²) < 4.78 is 0. The van der Waals surface area contributed by atoms with Gasteiger partial charge in [0.15, 0.2) is 5.96 Å². The number of amides is 1. The third-order valence-corrected chi connectivity index (χ3v) is 3.30. The Morgan fingerprint density at radius 3 is 2.43 bits per heavy atom. The number of aliphatic imine (C=N–C) groups is 1. The number of guanidine groups is 1. The minimum atomic E-state index is 0.106. The Labute approximate surface area is 127 Å². The van der Waals surface area contributed by atoms with Gasteiger partial charge in [-0.2, -0.15) is 0 Å². The Bertz CT molecular complexity index is 483. The van der Waals surface area contributed by atoms with Crippen molar-refractivity contribution < 1.29 is 4.79 Å². The molecule has 1 amide bonds. The van der Waals surface area contributed by atoms with Crippen LogP contribution in [0.1, 0.15) is 24.5 Å². The molecule has 5 nitrogen and oxygen atoms in total. The SMILES string of the molecule is CCc1ccccc1CNC(=NC)NCCC(=O)N(C)C. The minimum absolute atomic E-state index is 0.106. The van der Waals surface area contributed by atoms with Crippen molar-refractivity contribution in [3.8, 4) is 0 Å². The monoisotopic (exact) mass is 290 g/mol. The normalized spacial score (nSPS) is 11.1. The largest absolute Gasteiger partial charge is 0.356 e. The fraction of sp³-hybridized carbons (Fsp3) is 0.500. The second kappa shape index (κ2) is 9.00. The van der Waals surface area contributed by atoms with Crippen LogP contribution in [0.2, 0.25) is 0 Å². The molecule has 0 saturated heterocycles. The van der Waals surface area contributed by atoms with Crippen LogP contribution in [0, 0.1) is 0 Å². The van der Waals surface area contributed by atoms with Gasteiger partial charge in [0.2, 0.25) is 5.91 Å². The number of rotatable bonds is 6. The van der Waals surface area contributed by atoms with Gasteiger partial charge >= 0.3 is 0 Å². The molecule has 0 saturated carbocycles. The van der Waals surface area contributed by atoms with Crippen LogP contribution in [0.5, 0.6) is 0 Å². The van der Waals surface area contributed by atoms with Gasteiger partial charge in [-0.05, 0) is 17.5 Å². The molecule has 0 bridgehead atoms. The first-order chi connectivity index (χ1) is 10.1. The molecule has 0 aliphatic heterocycles. The average Bonchev–Trinajstić information content (AvgIpc) is 2.50. The van der Waals surface area contributed by atoms with Crippen LogP contribution >= 0.6 is 0 Å². The zero-order valence-electron chi connectivity index (χ0n) is 13.4. The molecule has 2 N–H and O–H groups in total. The Kier molecular flexibility index (Phi) is 7.29. The second-order valence-corrected chi connectivity index (χ2v) is 5.01. The summed E-state index contributed by atoms with van der Waals surface area (Å²) in [5.41, 5.74) is 2.61. The van der Waals surface area contributed by atoms with E-state index >= 15 is 0 Å². The molecule has 0 unspecified atom stereocenters. The predicted molar refractivity (Wildman–Crippen MR) is 87.3 cm³/mol. The highest BCUT2D eigenvalue weighted by molar-refractivity contribution is 5.81. The summed E-state index contributed by atoms with van der Waals surface area (Å²) in [6.07, 6.45) is 1.47. The summed E-state index contributed by atoms with van der Waals surface area (Å²) in [5.74, 6) is 0.821. The third-order valence-electron chi connectivity index (χ3n) is 3.30. The van der Waals surface area contributed by atoms with Gasteiger partial charge in [-0.1, -0.05) is 31.2 Å². The van der Waals surface area contributed by atoms with Gasteiger partial charge in [-0.15, -0.1) is 0 Å². The summed E-state index contributed by atoms with van der Waals surface area (Å²) in [6, 6.07) is 8.36. The van der Waals surface area contributed by atoms with Crippen molar-refractivity contribution in [3.63, 3.8) is 0 Å². The zero-order valence-corrected chi connectivity index (χ0v) is 13.4. The predicted octanol–water partition coefficient (Wildman–Crippen LogP) is 1.39. The lowest BCUT2D eigenvalue weighted by Crippen LogP contribution is -2.39. The topological polar surface area (TPSA) is 56.7 Å². The number of hydrogen-bond acceptors (Lipinski definition) is 2. The Morgan fingerprint density at radius 1 is 1.19 bits per heavy atom. The zero-order chi connectivity index (χ0) is 15.7. The lowest BCUT2D eigenvalue weighted by molar-refractivity contribution is -0.128. The van der Waals surface area contributed by atoms with Gasteiger partial charge < -0.3 is 15.5 Å². The van der Waals surface area contributed by atoms with Crippen LogP contribution < -0.4 is 10.6 Å². The van der Waals surface area contributed by atoms with E-state index in [-0.39, 0.29) is 5.91 Å². The lowest BCUT2D eigenvalue weighted by Gasteiger charge is -2.14. The molecule has 0 radical (unpaired) electrons. The van der Waals surface area contributed by atoms with E-state index < -0.39 is 0 Å². The highest BCUT2D eigenvalue weighted by Crippen LogP contribution is 2.08. The molecule has 0 aromatic heterocycles. The molecule has 0 aliphatic rings. The molecule has 0 spiro atoms. The first-order valence-electron chi connectivity index (χ1n) is 7.30. The molecule has 5 heteroatoms. The summed E-state index contributed by atoms with van der Waals surface area (Å²) >= 11 is 0. The van der Waals surface area contributed by atoms with Crippen molar-refractivity contribution in [1.82, 2.24) is 15.5 Å². The lowest BCUT2D eigenvalue weighted by atomic mass is 10.1. The summed E-state index contributed by atoms with van der Waals surface area (Å²) in [7, 11) is 5.25. The van der Waals surface area contributed by atoms with Gasteiger partial charge in [0.1, 0.15) is 0 Å². The maximum Gasteiger partial charge on any atom is 0.223 e. The minimum Gasteiger partial charge on any atom is -0.356 e.